The molecule has 1 aromatic rings. The quantitative estimate of drug-likeness (QED) is 0.748. The second-order valence-electron chi connectivity index (χ2n) is 4.63. The van der Waals surface area contributed by atoms with Crippen LogP contribution in [0.1, 0.15) is 38.5 Å². The number of hydrogen-bond acceptors (Lipinski definition) is 3. The molecule has 0 atom stereocenters. The van der Waals surface area contributed by atoms with Gasteiger partial charge in [0, 0.05) is 19.0 Å². The van der Waals surface area contributed by atoms with E-state index < -0.39 is 18.4 Å². The molecule has 0 unspecified atom stereocenters. The van der Waals surface area contributed by atoms with Crippen LogP contribution >= 0.6 is 0 Å². The van der Waals surface area contributed by atoms with Gasteiger partial charge in [0.25, 0.3) is 0 Å². The third-order valence-electron chi connectivity index (χ3n) is 2.82. The molecule has 0 fully saturated rings. The zero-order chi connectivity index (χ0) is 15.7. The minimum Gasteiger partial charge on any atom is -0.325 e. The average molecular weight is 302 g/mol. The summed E-state index contributed by atoms with van der Waals surface area (Å²) in [5, 5.41) is 2.67. The van der Waals surface area contributed by atoms with Gasteiger partial charge in [-0.1, -0.05) is 12.8 Å². The Morgan fingerprint density at radius 2 is 1.76 bits per heavy atom. The van der Waals surface area contributed by atoms with Gasteiger partial charge in [0.2, 0.25) is 11.7 Å². The van der Waals surface area contributed by atoms with Crippen LogP contribution in [0, 0.1) is 0 Å². The lowest BCUT2D eigenvalue weighted by Gasteiger charge is -2.05. The summed E-state index contributed by atoms with van der Waals surface area (Å²) in [7, 11) is 0. The molecule has 4 nitrogen and oxygen atoms in total. The first-order valence-corrected chi connectivity index (χ1v) is 6.69. The van der Waals surface area contributed by atoms with Crippen molar-refractivity contribution in [1.82, 2.24) is 4.98 Å². The number of ketones is 1. The number of carbonyl (C=O) groups is 2. The molecule has 1 N–H and O–H groups in total. The van der Waals surface area contributed by atoms with E-state index in [2.05, 4.69) is 10.3 Å². The van der Waals surface area contributed by atoms with E-state index in [1.807, 2.05) is 0 Å². The van der Waals surface area contributed by atoms with Crippen LogP contribution < -0.4 is 5.32 Å². The molecule has 0 aliphatic carbocycles. The average Bonchev–Trinajstić information content (AvgIpc) is 2.42. The maximum Gasteiger partial charge on any atom is 0.449 e. The molecular weight excluding hydrogens is 285 g/mol. The summed E-state index contributed by atoms with van der Waals surface area (Å²) in [6, 6.07) is 3.42. The van der Waals surface area contributed by atoms with Crippen molar-refractivity contribution in [2.45, 2.75) is 44.7 Å². The third kappa shape index (κ3) is 7.43. The number of hydrogen-bond donors (Lipinski definition) is 1. The van der Waals surface area contributed by atoms with Gasteiger partial charge in [0.05, 0.1) is 11.9 Å². The Morgan fingerprint density at radius 1 is 1.10 bits per heavy atom. The number of nitrogens with zero attached hydrogens (tertiary/aromatic N) is 1. The smallest absolute Gasteiger partial charge is 0.325 e. The van der Waals surface area contributed by atoms with Crippen LogP contribution in [0.4, 0.5) is 18.9 Å². The normalized spacial score (nSPS) is 11.2. The molecule has 1 amide bonds. The minimum atomic E-state index is -4.73. The van der Waals surface area contributed by atoms with Gasteiger partial charge < -0.3 is 5.32 Å². The van der Waals surface area contributed by atoms with E-state index in [-0.39, 0.29) is 12.3 Å². The van der Waals surface area contributed by atoms with Crippen LogP contribution in [0.3, 0.4) is 0 Å². The molecule has 116 valence electrons. The van der Waals surface area contributed by atoms with Crippen molar-refractivity contribution in [2.24, 2.45) is 0 Å². The van der Waals surface area contributed by atoms with E-state index in [0.717, 1.165) is 0 Å². The number of Topliss-reactive ketones (excluding diaryl/α,β-unsaturated/α-hetero) is 1. The monoisotopic (exact) mass is 302 g/mol. The predicted molar refractivity (Wildman–Crippen MR) is 71.6 cm³/mol. The van der Waals surface area contributed by atoms with Crippen LogP contribution in [-0.2, 0) is 9.59 Å². The molecular formula is C14H17F3N2O2. The summed E-state index contributed by atoms with van der Waals surface area (Å²) in [6.45, 7) is 0. The first kappa shape index (κ1) is 17.1. The summed E-state index contributed by atoms with van der Waals surface area (Å²) in [5.41, 5.74) is 0.610. The van der Waals surface area contributed by atoms with Crippen LogP contribution in [0.25, 0.3) is 0 Å². The maximum atomic E-state index is 11.9. The molecule has 0 aromatic carbocycles. The van der Waals surface area contributed by atoms with Gasteiger partial charge in [-0.15, -0.1) is 0 Å². The van der Waals surface area contributed by atoms with E-state index >= 15 is 0 Å². The first-order valence-electron chi connectivity index (χ1n) is 6.69. The fraction of sp³-hybridized carbons (Fsp3) is 0.500. The summed E-state index contributed by atoms with van der Waals surface area (Å²) in [5.74, 6) is -1.84. The van der Waals surface area contributed by atoms with Gasteiger partial charge in [0.1, 0.15) is 0 Å². The van der Waals surface area contributed by atoms with Crippen LogP contribution in [0.15, 0.2) is 24.5 Å². The van der Waals surface area contributed by atoms with Gasteiger partial charge in [-0.25, -0.2) is 0 Å². The molecule has 0 aliphatic rings. The molecule has 0 bridgehead atoms. The number of rotatable bonds is 8. The highest BCUT2D eigenvalue weighted by molar-refractivity contribution is 5.90. The minimum absolute atomic E-state index is 0.158. The Kier molecular flexibility index (Phi) is 6.84. The van der Waals surface area contributed by atoms with Crippen molar-refractivity contribution >= 4 is 17.4 Å². The van der Waals surface area contributed by atoms with Gasteiger partial charge >= 0.3 is 6.18 Å². The molecule has 0 aliphatic heterocycles. The lowest BCUT2D eigenvalue weighted by molar-refractivity contribution is -0.171. The molecule has 1 aromatic heterocycles. The lowest BCUT2D eigenvalue weighted by Crippen LogP contribution is -2.22. The van der Waals surface area contributed by atoms with Crippen molar-refractivity contribution in [3.63, 3.8) is 0 Å². The summed E-state index contributed by atoms with van der Waals surface area (Å²) in [4.78, 5) is 26.0. The zero-order valence-corrected chi connectivity index (χ0v) is 11.4. The van der Waals surface area contributed by atoms with E-state index in [1.54, 1.807) is 18.3 Å². The fourth-order valence-electron chi connectivity index (χ4n) is 1.73. The zero-order valence-electron chi connectivity index (χ0n) is 11.4. The Morgan fingerprint density at radius 3 is 2.33 bits per heavy atom. The van der Waals surface area contributed by atoms with E-state index in [9.17, 15) is 22.8 Å². The molecule has 21 heavy (non-hydrogen) atoms. The largest absolute Gasteiger partial charge is 0.449 e. The Labute approximate surface area is 120 Å². The number of amides is 1. The van der Waals surface area contributed by atoms with E-state index in [4.69, 9.17) is 0 Å². The summed E-state index contributed by atoms with van der Waals surface area (Å²) < 4.78 is 35.8. The van der Waals surface area contributed by atoms with Crippen LogP contribution in [0.2, 0.25) is 0 Å². The Hall–Kier alpha value is -1.92. The standard InChI is InChI=1S/C14H17F3N2O2/c15-14(16,17)12(20)7-3-1-2-4-8-13(21)19-11-6-5-9-18-10-11/h5-6,9-10H,1-4,7-8H2,(H,19,21). The van der Waals surface area contributed by atoms with E-state index in [1.165, 1.54) is 6.20 Å². The Bertz CT molecular complexity index is 461. The molecule has 0 radical (unpaired) electrons. The Balaban J connectivity index is 2.07. The van der Waals surface area contributed by atoms with Crippen molar-refractivity contribution in [3.8, 4) is 0 Å². The second-order valence-corrected chi connectivity index (χ2v) is 4.63. The molecule has 7 heteroatoms. The molecule has 0 spiro atoms. The highest BCUT2D eigenvalue weighted by Gasteiger charge is 2.36. The second kappa shape index (κ2) is 8.39. The topological polar surface area (TPSA) is 59.1 Å². The SMILES string of the molecule is O=C(CCCCCCC(=O)C(F)(F)F)Nc1cccnc1. The fourth-order valence-corrected chi connectivity index (χ4v) is 1.73. The summed E-state index contributed by atoms with van der Waals surface area (Å²) >= 11 is 0. The number of nitrogens with one attached hydrogen (secondary N) is 1. The molecule has 1 rings (SSSR count). The van der Waals surface area contributed by atoms with Crippen LogP contribution in [0.5, 0.6) is 0 Å². The summed E-state index contributed by atoms with van der Waals surface area (Å²) in [6.07, 6.45) is 0.0953. The number of carbonyl (C=O) groups excluding carboxylic acids is 2. The number of pyridine rings is 1. The lowest BCUT2D eigenvalue weighted by atomic mass is 10.1. The van der Waals surface area contributed by atoms with Gasteiger partial charge in [0.15, 0.2) is 0 Å². The molecule has 0 saturated heterocycles. The van der Waals surface area contributed by atoms with Crippen molar-refractivity contribution in [1.29, 1.82) is 0 Å². The number of halogens is 3. The highest BCUT2D eigenvalue weighted by Crippen LogP contribution is 2.19. The van der Waals surface area contributed by atoms with Crippen LogP contribution in [-0.4, -0.2) is 22.9 Å². The van der Waals surface area contributed by atoms with Crippen molar-refractivity contribution in [2.75, 3.05) is 5.32 Å². The van der Waals surface area contributed by atoms with Crippen molar-refractivity contribution in [3.05, 3.63) is 24.5 Å². The highest BCUT2D eigenvalue weighted by atomic mass is 19.4. The predicted octanol–water partition coefficient (Wildman–Crippen LogP) is 3.49. The third-order valence-corrected chi connectivity index (χ3v) is 2.82. The molecule has 0 saturated carbocycles. The number of unbranched alkanes of at least 4 members (excludes halogenated alkanes) is 3. The van der Waals surface area contributed by atoms with Gasteiger partial charge in [-0.2, -0.15) is 13.2 Å². The van der Waals surface area contributed by atoms with Gasteiger partial charge in [-0.05, 0) is 25.0 Å². The maximum absolute atomic E-state index is 11.9. The first-order chi connectivity index (χ1) is 9.89. The number of aromatic nitrogens is 1. The number of anilines is 1. The molecule has 1 heterocycles. The van der Waals surface area contributed by atoms with Crippen molar-refractivity contribution < 1.29 is 22.8 Å². The van der Waals surface area contributed by atoms with Gasteiger partial charge in [-0.3, -0.25) is 14.6 Å². The van der Waals surface area contributed by atoms with E-state index in [0.29, 0.717) is 31.4 Å². The number of alkyl halides is 3.